The maximum absolute atomic E-state index is 14.8. The Morgan fingerprint density at radius 2 is 1.46 bits per heavy atom. The van der Waals surface area contributed by atoms with E-state index in [-0.39, 0.29) is 60.9 Å². The normalized spacial score (nSPS) is 12.6. The van der Waals surface area contributed by atoms with Gasteiger partial charge in [-0.1, -0.05) is 116 Å². The van der Waals surface area contributed by atoms with E-state index >= 15 is 0 Å². The monoisotopic (exact) mass is 923 g/mol. The molecule has 0 saturated carbocycles. The fraction of sp³-hybridized carbons (Fsp3) is 0.422. The number of aliphatic hydroxyl groups is 1. The zero-order chi connectivity index (χ0) is 39.3. The molecule has 0 aliphatic carbocycles. The van der Waals surface area contributed by atoms with E-state index in [0.717, 1.165) is 53.8 Å². The van der Waals surface area contributed by atoms with Crippen LogP contribution in [0.2, 0.25) is 0 Å². The number of aromatic nitrogens is 1. The van der Waals surface area contributed by atoms with E-state index in [4.69, 9.17) is 4.42 Å². The van der Waals surface area contributed by atoms with Crippen LogP contribution in [0, 0.1) is 29.1 Å². The first-order valence-electron chi connectivity index (χ1n) is 18.5. The van der Waals surface area contributed by atoms with Crippen LogP contribution >= 0.6 is 0 Å². The van der Waals surface area contributed by atoms with Gasteiger partial charge in [-0.25, -0.2) is 4.39 Å². The topological polar surface area (TPSA) is 63.3 Å². The molecule has 5 aromatic rings. The van der Waals surface area contributed by atoms with Gasteiger partial charge in [0.1, 0.15) is 5.76 Å². The van der Waals surface area contributed by atoms with Gasteiger partial charge in [-0.2, -0.15) is 13.2 Å². The standard InChI is InChI=1S/C32H28F4NO.C13H24O2.Ir/c1-30(2,3)25-15-22(14-21-8-6-7-9-23(21)25)28-24-16-27(38-29(24)26(33)18-37-28)20-12-10-19(11-13-20)17-31(4,5)32(34,35)36;1-5-10(6-2)12(14)9-13(15)11(7-3)8-4;/h6-13,15-16,18H,17H2,1-5H3;9-11,14H,5-8H2,1-4H3;/q-1;;/b;12-9-;. The summed E-state index contributed by atoms with van der Waals surface area (Å²) in [4.78, 5) is 16.1. The quantitative estimate of drug-likeness (QED) is 0.0620. The van der Waals surface area contributed by atoms with Gasteiger partial charge in [-0.15, -0.1) is 29.1 Å². The maximum atomic E-state index is 14.8. The van der Waals surface area contributed by atoms with E-state index in [9.17, 15) is 27.5 Å². The second-order valence-electron chi connectivity index (χ2n) is 15.5. The molecule has 0 aliphatic rings. The number of alkyl halides is 3. The van der Waals surface area contributed by atoms with Gasteiger partial charge in [0.15, 0.2) is 17.2 Å². The number of benzene rings is 3. The van der Waals surface area contributed by atoms with E-state index in [1.165, 1.54) is 19.9 Å². The number of carbonyl (C=O) groups is 1. The second kappa shape index (κ2) is 18.2. The average molecular weight is 923 g/mol. The SMILES string of the molecule is CC(C)(C)c1cc(-c2ncc(F)c3oc(-c4ccc(CC(C)(C)C(F)(F)F)cc4)cc23)[c-]c2ccccc12.CCC(CC)C(=O)/C=C(\O)C(CC)CC.[Ir]. The number of fused-ring (bicyclic) bond motifs is 2. The second-order valence-corrected chi connectivity index (χ2v) is 15.5. The zero-order valence-electron chi connectivity index (χ0n) is 32.7. The summed E-state index contributed by atoms with van der Waals surface area (Å²) >= 11 is 0. The summed E-state index contributed by atoms with van der Waals surface area (Å²) in [5.41, 5.74) is 1.69. The zero-order valence-corrected chi connectivity index (χ0v) is 35.1. The molecule has 0 spiro atoms. The first kappa shape index (κ1) is 44.6. The predicted molar refractivity (Wildman–Crippen MR) is 207 cm³/mol. The summed E-state index contributed by atoms with van der Waals surface area (Å²) in [7, 11) is 0. The molecule has 0 bridgehead atoms. The Morgan fingerprint density at radius 3 is 2.02 bits per heavy atom. The van der Waals surface area contributed by atoms with E-state index in [1.807, 2.05) is 52.0 Å². The molecule has 0 fully saturated rings. The molecule has 5 rings (SSSR count). The van der Waals surface area contributed by atoms with E-state index < -0.39 is 17.4 Å². The molecule has 1 radical (unpaired) electrons. The fourth-order valence-corrected chi connectivity index (χ4v) is 6.51. The number of ketones is 1. The number of halogens is 4. The van der Waals surface area contributed by atoms with Crippen LogP contribution in [0.1, 0.15) is 99.1 Å². The molecule has 2 heterocycles. The van der Waals surface area contributed by atoms with Crippen molar-refractivity contribution in [2.45, 2.75) is 106 Å². The molecule has 1 N–H and O–H groups in total. The van der Waals surface area contributed by atoms with Crippen molar-refractivity contribution in [3.63, 3.8) is 0 Å². The van der Waals surface area contributed by atoms with Crippen molar-refractivity contribution >= 4 is 27.5 Å². The number of hydrogen-bond acceptors (Lipinski definition) is 4. The first-order valence-corrected chi connectivity index (χ1v) is 18.5. The Hall–Kier alpha value is -3.81. The van der Waals surface area contributed by atoms with Crippen molar-refractivity contribution in [2.75, 3.05) is 0 Å². The molecular weight excluding hydrogens is 871 g/mol. The van der Waals surface area contributed by atoms with E-state index in [1.54, 1.807) is 30.3 Å². The molecule has 0 saturated heterocycles. The number of hydrogen-bond donors (Lipinski definition) is 1. The third kappa shape index (κ3) is 10.3. The smallest absolute Gasteiger partial charge is 0.394 e. The molecular formula is C45H52F4IrNO3-. The summed E-state index contributed by atoms with van der Waals surface area (Å²) in [5, 5.41) is 12.3. The largest absolute Gasteiger partial charge is 0.512 e. The van der Waals surface area contributed by atoms with Gasteiger partial charge in [0, 0.05) is 54.7 Å². The minimum Gasteiger partial charge on any atom is -0.512 e. The molecule has 0 amide bonds. The third-order valence-corrected chi connectivity index (χ3v) is 10.1. The minimum absolute atomic E-state index is 0. The predicted octanol–water partition coefficient (Wildman–Crippen LogP) is 13.6. The van der Waals surface area contributed by atoms with Crippen molar-refractivity contribution in [3.05, 3.63) is 102 Å². The van der Waals surface area contributed by atoms with E-state index in [0.29, 0.717) is 28.0 Å². The molecule has 4 nitrogen and oxygen atoms in total. The Balaban J connectivity index is 0.000000418. The van der Waals surface area contributed by atoms with Crippen LogP contribution < -0.4 is 0 Å². The number of furan rings is 1. The Bertz CT molecular complexity index is 2050. The molecule has 9 heteroatoms. The van der Waals surface area contributed by atoms with Gasteiger partial charge in [0.05, 0.1) is 17.4 Å². The van der Waals surface area contributed by atoms with Crippen molar-refractivity contribution in [2.24, 2.45) is 17.3 Å². The summed E-state index contributed by atoms with van der Waals surface area (Å²) in [6.07, 6.45) is 1.60. The van der Waals surface area contributed by atoms with Crippen molar-refractivity contribution < 1.29 is 52.0 Å². The van der Waals surface area contributed by atoms with Gasteiger partial charge >= 0.3 is 6.18 Å². The van der Waals surface area contributed by atoms with Gasteiger partial charge in [-0.3, -0.25) is 9.78 Å². The molecule has 54 heavy (non-hydrogen) atoms. The van der Waals surface area contributed by atoms with Gasteiger partial charge in [0.2, 0.25) is 0 Å². The molecule has 0 unspecified atom stereocenters. The van der Waals surface area contributed by atoms with Crippen LogP contribution in [-0.4, -0.2) is 22.1 Å². The molecule has 293 valence electrons. The Kier molecular flexibility index (Phi) is 15.0. The summed E-state index contributed by atoms with van der Waals surface area (Å²) in [6.45, 7) is 16.9. The third-order valence-electron chi connectivity index (χ3n) is 10.1. The number of allylic oxidation sites excluding steroid dienone is 2. The summed E-state index contributed by atoms with van der Waals surface area (Å²) in [6, 6.07) is 21.9. The maximum Gasteiger partial charge on any atom is 0.394 e. The van der Waals surface area contributed by atoms with Crippen molar-refractivity contribution in [1.82, 2.24) is 4.98 Å². The van der Waals surface area contributed by atoms with Crippen LogP contribution in [0.25, 0.3) is 44.3 Å². The minimum atomic E-state index is -4.31. The van der Waals surface area contributed by atoms with E-state index in [2.05, 4.69) is 37.9 Å². The van der Waals surface area contributed by atoms with Crippen LogP contribution in [0.5, 0.6) is 0 Å². The fourth-order valence-electron chi connectivity index (χ4n) is 6.51. The van der Waals surface area contributed by atoms with Crippen LogP contribution in [-0.2, 0) is 36.7 Å². The molecule has 3 aromatic carbocycles. The van der Waals surface area contributed by atoms with Gasteiger partial charge in [0.25, 0.3) is 0 Å². The average Bonchev–Trinajstić information content (AvgIpc) is 3.55. The number of nitrogens with zero attached hydrogens (tertiary/aromatic N) is 1. The van der Waals surface area contributed by atoms with Crippen molar-refractivity contribution in [3.8, 4) is 22.6 Å². The summed E-state index contributed by atoms with van der Waals surface area (Å²) in [5.74, 6) is 0.369. The van der Waals surface area contributed by atoms with Crippen LogP contribution in [0.15, 0.2) is 83.1 Å². The van der Waals surface area contributed by atoms with Gasteiger partial charge < -0.3 is 9.52 Å². The molecule has 0 aliphatic heterocycles. The van der Waals surface area contributed by atoms with Crippen LogP contribution in [0.3, 0.4) is 0 Å². The Morgan fingerprint density at radius 1 is 0.870 bits per heavy atom. The Labute approximate surface area is 330 Å². The number of carbonyl (C=O) groups excluding carboxylic acids is 1. The molecule has 2 aromatic heterocycles. The van der Waals surface area contributed by atoms with Crippen molar-refractivity contribution in [1.29, 1.82) is 0 Å². The number of rotatable bonds is 11. The van der Waals surface area contributed by atoms with Crippen LogP contribution in [0.4, 0.5) is 17.6 Å². The number of pyridine rings is 1. The molecule has 0 atom stereocenters. The number of aliphatic hydroxyl groups excluding tert-OH is 1. The first-order chi connectivity index (χ1) is 24.8. The summed E-state index contributed by atoms with van der Waals surface area (Å²) < 4.78 is 60.7. The van der Waals surface area contributed by atoms with Gasteiger partial charge in [-0.05, 0) is 49.1 Å².